The zero-order valence-corrected chi connectivity index (χ0v) is 13.9. The van der Waals surface area contributed by atoms with Crippen LogP contribution in [0.15, 0.2) is 54.2 Å². The number of rotatable bonds is 4. The fourth-order valence-electron chi connectivity index (χ4n) is 2.67. The molecular weight excluding hydrogens is 318 g/mol. The number of thiazole rings is 1. The molecule has 1 aromatic carbocycles. The molecule has 2 aromatic heterocycles. The molecule has 1 N–H and O–H groups in total. The molecule has 1 aliphatic carbocycles. The maximum atomic E-state index is 12.0. The summed E-state index contributed by atoms with van der Waals surface area (Å²) in [6.07, 6.45) is 6.77. The van der Waals surface area contributed by atoms with Crippen molar-refractivity contribution in [1.29, 1.82) is 0 Å². The zero-order chi connectivity index (χ0) is 16.4. The summed E-state index contributed by atoms with van der Waals surface area (Å²) in [7, 11) is 0. The maximum Gasteiger partial charge on any atom is 0.227 e. The number of benzene rings is 1. The van der Waals surface area contributed by atoms with Crippen molar-refractivity contribution in [2.75, 3.05) is 5.32 Å². The fourth-order valence-corrected chi connectivity index (χ4v) is 3.49. The highest BCUT2D eigenvalue weighted by Gasteiger charge is 2.25. The minimum absolute atomic E-state index is 0.140. The minimum atomic E-state index is 0.140. The standard InChI is InChI=1S/C19H17N3OS/c23-18(14-3-1-4-14)21-16-8-6-13(7-9-16)17-12-24-19(22-17)15-5-2-10-20-11-15/h2,5-12,14H,1,3-4H2,(H,21,23). The number of carbonyl (C=O) groups is 1. The second-order valence-corrected chi connectivity index (χ2v) is 6.83. The van der Waals surface area contributed by atoms with Crippen LogP contribution >= 0.6 is 11.3 Å². The van der Waals surface area contributed by atoms with E-state index in [0.717, 1.165) is 40.4 Å². The van der Waals surface area contributed by atoms with Crippen molar-refractivity contribution in [2.24, 2.45) is 5.92 Å². The van der Waals surface area contributed by atoms with E-state index in [0.29, 0.717) is 0 Å². The summed E-state index contributed by atoms with van der Waals surface area (Å²) in [5, 5.41) is 5.99. The summed E-state index contributed by atoms with van der Waals surface area (Å²) in [5.74, 6) is 0.340. The Bertz CT molecular complexity index is 839. The van der Waals surface area contributed by atoms with Crippen LogP contribution < -0.4 is 5.32 Å². The van der Waals surface area contributed by atoms with Gasteiger partial charge < -0.3 is 5.32 Å². The van der Waals surface area contributed by atoms with Crippen LogP contribution in [0, 0.1) is 5.92 Å². The number of nitrogens with one attached hydrogen (secondary N) is 1. The molecule has 24 heavy (non-hydrogen) atoms. The number of anilines is 1. The van der Waals surface area contributed by atoms with Crippen LogP contribution in [-0.4, -0.2) is 15.9 Å². The van der Waals surface area contributed by atoms with Crippen LogP contribution in [0.5, 0.6) is 0 Å². The summed E-state index contributed by atoms with van der Waals surface area (Å²) in [6, 6.07) is 11.8. The lowest BCUT2D eigenvalue weighted by molar-refractivity contribution is -0.122. The first-order valence-electron chi connectivity index (χ1n) is 8.07. The molecule has 0 saturated heterocycles. The largest absolute Gasteiger partial charge is 0.326 e. The van der Waals surface area contributed by atoms with E-state index >= 15 is 0 Å². The molecule has 0 bridgehead atoms. The molecule has 2 heterocycles. The first kappa shape index (κ1) is 15.0. The van der Waals surface area contributed by atoms with Gasteiger partial charge in [-0.2, -0.15) is 0 Å². The van der Waals surface area contributed by atoms with Gasteiger partial charge in [-0.3, -0.25) is 9.78 Å². The van der Waals surface area contributed by atoms with Crippen molar-refractivity contribution in [2.45, 2.75) is 19.3 Å². The van der Waals surface area contributed by atoms with Crippen molar-refractivity contribution in [3.8, 4) is 21.8 Å². The fraction of sp³-hybridized carbons (Fsp3) is 0.211. The van der Waals surface area contributed by atoms with Gasteiger partial charge >= 0.3 is 0 Å². The molecule has 0 radical (unpaired) electrons. The molecular formula is C19H17N3OS. The number of hydrogen-bond acceptors (Lipinski definition) is 4. The Morgan fingerprint density at radius 3 is 2.62 bits per heavy atom. The summed E-state index contributed by atoms with van der Waals surface area (Å²) < 4.78 is 0. The van der Waals surface area contributed by atoms with Crippen molar-refractivity contribution in [3.63, 3.8) is 0 Å². The van der Waals surface area contributed by atoms with E-state index in [2.05, 4.69) is 15.3 Å². The predicted octanol–water partition coefficient (Wildman–Crippen LogP) is 4.61. The Morgan fingerprint density at radius 1 is 1.12 bits per heavy atom. The molecule has 1 saturated carbocycles. The second kappa shape index (κ2) is 6.53. The highest BCUT2D eigenvalue weighted by molar-refractivity contribution is 7.13. The second-order valence-electron chi connectivity index (χ2n) is 5.97. The van der Waals surface area contributed by atoms with Crippen LogP contribution in [0.4, 0.5) is 5.69 Å². The third kappa shape index (κ3) is 3.08. The number of aromatic nitrogens is 2. The van der Waals surface area contributed by atoms with Crippen molar-refractivity contribution < 1.29 is 4.79 Å². The highest BCUT2D eigenvalue weighted by Crippen LogP contribution is 2.30. The van der Waals surface area contributed by atoms with Gasteiger partial charge in [0.25, 0.3) is 0 Å². The van der Waals surface area contributed by atoms with E-state index in [1.54, 1.807) is 17.5 Å². The van der Waals surface area contributed by atoms with Gasteiger partial charge in [-0.25, -0.2) is 4.98 Å². The Hall–Kier alpha value is -2.53. The molecule has 4 nitrogen and oxygen atoms in total. The SMILES string of the molecule is O=C(Nc1ccc(-c2csc(-c3cccnc3)n2)cc1)C1CCC1. The summed E-state index contributed by atoms with van der Waals surface area (Å²) >= 11 is 1.61. The zero-order valence-electron chi connectivity index (χ0n) is 13.1. The van der Waals surface area contributed by atoms with E-state index in [9.17, 15) is 4.79 Å². The van der Waals surface area contributed by atoms with Gasteiger partial charge in [0.05, 0.1) is 5.69 Å². The Balaban J connectivity index is 1.49. The molecule has 0 unspecified atom stereocenters. The molecule has 5 heteroatoms. The topological polar surface area (TPSA) is 54.9 Å². The van der Waals surface area contributed by atoms with Gasteiger partial charge in [-0.1, -0.05) is 18.6 Å². The molecule has 1 aliphatic rings. The molecule has 0 spiro atoms. The molecule has 0 atom stereocenters. The van der Waals surface area contributed by atoms with E-state index in [4.69, 9.17) is 0 Å². The van der Waals surface area contributed by atoms with Gasteiger partial charge in [0.15, 0.2) is 0 Å². The van der Waals surface area contributed by atoms with E-state index in [1.165, 1.54) is 6.42 Å². The number of nitrogens with zero attached hydrogens (tertiary/aromatic N) is 2. The minimum Gasteiger partial charge on any atom is -0.326 e. The smallest absolute Gasteiger partial charge is 0.227 e. The predicted molar refractivity (Wildman–Crippen MR) is 96.8 cm³/mol. The van der Waals surface area contributed by atoms with Crippen molar-refractivity contribution >= 4 is 22.9 Å². The normalized spacial score (nSPS) is 14.2. The van der Waals surface area contributed by atoms with Crippen LogP contribution in [0.2, 0.25) is 0 Å². The summed E-state index contributed by atoms with van der Waals surface area (Å²) in [4.78, 5) is 20.8. The summed E-state index contributed by atoms with van der Waals surface area (Å²) in [6.45, 7) is 0. The first-order valence-corrected chi connectivity index (χ1v) is 8.95. The lowest BCUT2D eigenvalue weighted by Crippen LogP contribution is -2.27. The highest BCUT2D eigenvalue weighted by atomic mass is 32.1. The van der Waals surface area contributed by atoms with Gasteiger partial charge in [-0.15, -0.1) is 11.3 Å². The first-order chi connectivity index (χ1) is 11.8. The molecule has 1 fully saturated rings. The molecule has 120 valence electrons. The van der Waals surface area contributed by atoms with Gasteiger partial charge in [-0.05, 0) is 37.1 Å². The Kier molecular flexibility index (Phi) is 4.09. The number of amides is 1. The Morgan fingerprint density at radius 2 is 1.96 bits per heavy atom. The van der Waals surface area contributed by atoms with Gasteiger partial charge in [0.1, 0.15) is 5.01 Å². The number of carbonyl (C=O) groups excluding carboxylic acids is 1. The van der Waals surface area contributed by atoms with Crippen LogP contribution in [0.25, 0.3) is 21.8 Å². The Labute approximate surface area is 144 Å². The quantitative estimate of drug-likeness (QED) is 0.757. The van der Waals surface area contributed by atoms with Crippen LogP contribution in [0.1, 0.15) is 19.3 Å². The maximum absolute atomic E-state index is 12.0. The molecule has 3 aromatic rings. The summed E-state index contributed by atoms with van der Waals surface area (Å²) in [5.41, 5.74) is 3.86. The van der Waals surface area contributed by atoms with Gasteiger partial charge in [0.2, 0.25) is 5.91 Å². The lowest BCUT2D eigenvalue weighted by Gasteiger charge is -2.24. The average molecular weight is 335 g/mol. The monoisotopic (exact) mass is 335 g/mol. The van der Waals surface area contributed by atoms with Crippen molar-refractivity contribution in [1.82, 2.24) is 9.97 Å². The van der Waals surface area contributed by atoms with E-state index in [1.807, 2.05) is 48.0 Å². The van der Waals surface area contributed by atoms with E-state index < -0.39 is 0 Å². The molecule has 1 amide bonds. The van der Waals surface area contributed by atoms with Crippen LogP contribution in [0.3, 0.4) is 0 Å². The van der Waals surface area contributed by atoms with E-state index in [-0.39, 0.29) is 11.8 Å². The van der Waals surface area contributed by atoms with Crippen LogP contribution in [-0.2, 0) is 4.79 Å². The lowest BCUT2D eigenvalue weighted by atomic mass is 9.85. The molecule has 4 rings (SSSR count). The molecule has 0 aliphatic heterocycles. The van der Waals surface area contributed by atoms with Crippen molar-refractivity contribution in [3.05, 3.63) is 54.2 Å². The average Bonchev–Trinajstić information content (AvgIpc) is 3.05. The third-order valence-corrected chi connectivity index (χ3v) is 5.23. The number of pyridine rings is 1. The number of hydrogen-bond donors (Lipinski definition) is 1. The van der Waals surface area contributed by atoms with Gasteiger partial charge in [0, 0.05) is 40.5 Å². The third-order valence-electron chi connectivity index (χ3n) is 4.34.